The molecule has 60 valence electrons. The largest absolute Gasteiger partial charge is 0.412 e. The van der Waals surface area contributed by atoms with Crippen LogP contribution >= 0.6 is 0 Å². The molecule has 10 heavy (non-hydrogen) atoms. The highest BCUT2D eigenvalue weighted by Crippen LogP contribution is 2.03. The summed E-state index contributed by atoms with van der Waals surface area (Å²) in [5.41, 5.74) is 0. The Kier molecular flexibility index (Phi) is 13.9. The Morgan fingerprint density at radius 3 is 2.20 bits per heavy atom. The van der Waals surface area contributed by atoms with Gasteiger partial charge < -0.3 is 5.48 Å². The van der Waals surface area contributed by atoms with E-state index < -0.39 is 0 Å². The molecule has 0 aromatic heterocycles. The fourth-order valence-electron chi connectivity index (χ4n) is 0.831. The Balaban J connectivity index is 0. The molecule has 2 N–H and O–H groups in total. The van der Waals surface area contributed by atoms with E-state index in [0.29, 0.717) is 0 Å². The van der Waals surface area contributed by atoms with Crippen LogP contribution in [0.2, 0.25) is 0 Å². The maximum Gasteiger partial charge on any atom is 0.00860 e. The average molecular weight is 142 g/mol. The van der Waals surface area contributed by atoms with Gasteiger partial charge in [-0.05, 0) is 6.42 Å². The fourth-order valence-corrected chi connectivity index (χ4v) is 0.831. The first-order valence-corrected chi connectivity index (χ1v) is 3.85. The predicted octanol–water partition coefficient (Wildman–Crippen LogP) is 2.16. The van der Waals surface area contributed by atoms with Crippen LogP contribution in [0.5, 0.6) is 0 Å². The number of hydrogen-bond donors (Lipinski definition) is 0. The third kappa shape index (κ3) is 10.5. The van der Waals surface area contributed by atoms with Gasteiger partial charge in [0, 0.05) is 6.42 Å². The van der Waals surface area contributed by atoms with Crippen molar-refractivity contribution in [2.45, 2.75) is 45.4 Å². The predicted molar refractivity (Wildman–Crippen MR) is 45.8 cm³/mol. The summed E-state index contributed by atoms with van der Waals surface area (Å²) in [5.74, 6) is 2.64. The fraction of sp³-hybridized carbons (Fsp3) is 0.778. The normalized spacial score (nSPS) is 8.00. The molecule has 0 atom stereocenters. The molecule has 0 amide bonds. The van der Waals surface area contributed by atoms with Crippen LogP contribution in [-0.2, 0) is 0 Å². The van der Waals surface area contributed by atoms with E-state index in [2.05, 4.69) is 12.8 Å². The second-order valence-corrected chi connectivity index (χ2v) is 2.37. The van der Waals surface area contributed by atoms with E-state index in [1.54, 1.807) is 0 Å². The van der Waals surface area contributed by atoms with Gasteiger partial charge >= 0.3 is 0 Å². The quantitative estimate of drug-likeness (QED) is 0.416. The van der Waals surface area contributed by atoms with Gasteiger partial charge in [-0.25, -0.2) is 0 Å². The minimum atomic E-state index is 0. The smallest absolute Gasteiger partial charge is 0.00860 e. The van der Waals surface area contributed by atoms with E-state index >= 15 is 0 Å². The van der Waals surface area contributed by atoms with E-state index in [-0.39, 0.29) is 5.48 Å². The summed E-state index contributed by atoms with van der Waals surface area (Å²) in [4.78, 5) is 0. The third-order valence-corrected chi connectivity index (χ3v) is 1.42. The summed E-state index contributed by atoms with van der Waals surface area (Å²) < 4.78 is 0. The lowest BCUT2D eigenvalue weighted by Gasteiger charge is -1.93. The Morgan fingerprint density at radius 2 is 1.70 bits per heavy atom. The number of terminal acetylenes is 1. The van der Waals surface area contributed by atoms with Gasteiger partial charge in [-0.1, -0.05) is 32.6 Å². The van der Waals surface area contributed by atoms with Gasteiger partial charge in [-0.15, -0.1) is 12.3 Å². The Labute approximate surface area is 64.1 Å². The molecule has 0 saturated carbocycles. The molecule has 0 aliphatic heterocycles. The van der Waals surface area contributed by atoms with Crippen LogP contribution in [0.4, 0.5) is 0 Å². The zero-order valence-corrected chi connectivity index (χ0v) is 6.82. The maximum atomic E-state index is 5.09. The second kappa shape index (κ2) is 11.3. The third-order valence-electron chi connectivity index (χ3n) is 1.42. The van der Waals surface area contributed by atoms with Crippen LogP contribution in [0.3, 0.4) is 0 Å². The lowest BCUT2D eigenvalue weighted by molar-refractivity contribution is 0.641. The maximum absolute atomic E-state index is 5.09. The highest BCUT2D eigenvalue weighted by Gasteiger charge is 1.84. The number of hydrogen-bond acceptors (Lipinski definition) is 0. The molecule has 0 spiro atoms. The van der Waals surface area contributed by atoms with Crippen molar-refractivity contribution < 1.29 is 5.48 Å². The van der Waals surface area contributed by atoms with Gasteiger partial charge in [0.1, 0.15) is 0 Å². The van der Waals surface area contributed by atoms with Crippen molar-refractivity contribution in [1.82, 2.24) is 0 Å². The second-order valence-electron chi connectivity index (χ2n) is 2.37. The first-order chi connectivity index (χ1) is 4.41. The molecule has 0 aliphatic carbocycles. The van der Waals surface area contributed by atoms with Crippen LogP contribution in [0, 0.1) is 12.3 Å². The Bertz CT molecular complexity index is 81.2. The molecule has 0 saturated heterocycles. The molecule has 0 unspecified atom stereocenters. The van der Waals surface area contributed by atoms with Gasteiger partial charge in [-0.3, -0.25) is 0 Å². The van der Waals surface area contributed by atoms with Crippen molar-refractivity contribution in [2.75, 3.05) is 0 Å². The highest BCUT2D eigenvalue weighted by molar-refractivity contribution is 4.82. The first kappa shape index (κ1) is 12.2. The van der Waals surface area contributed by atoms with Crippen molar-refractivity contribution in [1.29, 1.82) is 0 Å². The van der Waals surface area contributed by atoms with Crippen molar-refractivity contribution in [3.63, 3.8) is 0 Å². The van der Waals surface area contributed by atoms with E-state index in [1.807, 2.05) is 0 Å². The Morgan fingerprint density at radius 1 is 1.10 bits per heavy atom. The number of unbranched alkanes of at least 4 members (excludes halogenated alkanes) is 5. The minimum Gasteiger partial charge on any atom is -0.412 e. The molecular weight excluding hydrogens is 124 g/mol. The van der Waals surface area contributed by atoms with Crippen LogP contribution < -0.4 is 0 Å². The van der Waals surface area contributed by atoms with Crippen LogP contribution in [0.25, 0.3) is 0 Å². The minimum absolute atomic E-state index is 0. The Hall–Kier alpha value is -0.480. The SMILES string of the molecule is C#CCCCCCCC.O. The van der Waals surface area contributed by atoms with Crippen molar-refractivity contribution in [2.24, 2.45) is 0 Å². The topological polar surface area (TPSA) is 31.5 Å². The molecule has 0 fully saturated rings. The van der Waals surface area contributed by atoms with Gasteiger partial charge in [-0.2, -0.15) is 0 Å². The summed E-state index contributed by atoms with van der Waals surface area (Å²) in [6, 6.07) is 0. The molecule has 1 heteroatoms. The highest BCUT2D eigenvalue weighted by atomic mass is 16.0. The summed E-state index contributed by atoms with van der Waals surface area (Å²) >= 11 is 0. The standard InChI is InChI=1S/C9H16.H2O/c1-3-5-7-9-8-6-4-2;/h1H,4-9H2,2H3;1H2. The zero-order valence-electron chi connectivity index (χ0n) is 6.82. The summed E-state index contributed by atoms with van der Waals surface area (Å²) in [6.45, 7) is 2.22. The van der Waals surface area contributed by atoms with Crippen LogP contribution in [-0.4, -0.2) is 5.48 Å². The average Bonchev–Trinajstić information content (AvgIpc) is 1.89. The molecule has 0 rings (SSSR count). The van der Waals surface area contributed by atoms with Crippen LogP contribution in [0.15, 0.2) is 0 Å². The molecule has 0 aromatic rings. The first-order valence-electron chi connectivity index (χ1n) is 3.85. The van der Waals surface area contributed by atoms with Gasteiger partial charge in [0.15, 0.2) is 0 Å². The molecule has 1 nitrogen and oxygen atoms in total. The van der Waals surface area contributed by atoms with Crippen molar-refractivity contribution in [3.05, 3.63) is 0 Å². The van der Waals surface area contributed by atoms with E-state index in [4.69, 9.17) is 6.42 Å². The van der Waals surface area contributed by atoms with Crippen molar-refractivity contribution in [3.8, 4) is 12.3 Å². The molecule has 0 aromatic carbocycles. The molecule has 0 bridgehead atoms. The lowest BCUT2D eigenvalue weighted by Crippen LogP contribution is -1.75. The summed E-state index contributed by atoms with van der Waals surface area (Å²) in [7, 11) is 0. The number of rotatable bonds is 5. The molecule has 0 aliphatic rings. The zero-order chi connectivity index (χ0) is 6.95. The summed E-state index contributed by atoms with van der Waals surface area (Å²) in [5, 5.41) is 0. The lowest BCUT2D eigenvalue weighted by atomic mass is 10.1. The van der Waals surface area contributed by atoms with Gasteiger partial charge in [0.2, 0.25) is 0 Å². The molecule has 0 heterocycles. The monoisotopic (exact) mass is 142 g/mol. The molecular formula is C9H18O. The molecule has 0 radical (unpaired) electrons. The summed E-state index contributed by atoms with van der Waals surface area (Å²) in [6.07, 6.45) is 12.6. The van der Waals surface area contributed by atoms with E-state index in [1.165, 1.54) is 32.1 Å². The van der Waals surface area contributed by atoms with Gasteiger partial charge in [0.05, 0.1) is 0 Å². The van der Waals surface area contributed by atoms with E-state index in [9.17, 15) is 0 Å². The van der Waals surface area contributed by atoms with Gasteiger partial charge in [0.25, 0.3) is 0 Å². The van der Waals surface area contributed by atoms with Crippen molar-refractivity contribution >= 4 is 0 Å². The van der Waals surface area contributed by atoms with E-state index in [0.717, 1.165) is 6.42 Å². The van der Waals surface area contributed by atoms with Crippen LogP contribution in [0.1, 0.15) is 45.4 Å².